The number of benzene rings is 4. The normalized spacial score (nSPS) is 11.8. The van der Waals surface area contributed by atoms with E-state index in [0.717, 1.165) is 22.7 Å². The number of aryl methyl sites for hydroxylation is 1. The van der Waals surface area contributed by atoms with Gasteiger partial charge in [-0.1, -0.05) is 79.0 Å². The SMILES string of the molecule is CCCCNC(=O)[C@@H](C)N(Cc1ccccc1Cl)C(=O)CN(c1ccc(Oc2ccccc2)cc1)S(=O)(=O)c1ccc(C)cc1. The number of ether oxygens (including phenoxy) is 1. The zero-order chi connectivity index (χ0) is 32.4. The van der Waals surface area contributed by atoms with Crippen LogP contribution < -0.4 is 14.4 Å². The molecule has 1 atom stereocenters. The van der Waals surface area contributed by atoms with Crippen LogP contribution in [0.3, 0.4) is 0 Å². The summed E-state index contributed by atoms with van der Waals surface area (Å²) >= 11 is 6.44. The monoisotopic (exact) mass is 647 g/mol. The molecule has 0 aromatic heterocycles. The number of sulfonamides is 1. The first-order chi connectivity index (χ1) is 21.6. The zero-order valence-electron chi connectivity index (χ0n) is 25.6. The molecule has 4 aromatic rings. The molecule has 0 aliphatic rings. The van der Waals surface area contributed by atoms with Crippen LogP contribution in [0.15, 0.2) is 108 Å². The molecule has 0 fully saturated rings. The van der Waals surface area contributed by atoms with E-state index in [1.165, 1.54) is 17.0 Å². The van der Waals surface area contributed by atoms with E-state index < -0.39 is 28.5 Å². The van der Waals surface area contributed by atoms with Gasteiger partial charge in [-0.2, -0.15) is 0 Å². The van der Waals surface area contributed by atoms with Crippen molar-refractivity contribution in [1.29, 1.82) is 0 Å². The Labute approximate surface area is 270 Å². The molecule has 0 saturated carbocycles. The first-order valence-corrected chi connectivity index (χ1v) is 16.6. The topological polar surface area (TPSA) is 96.0 Å². The van der Waals surface area contributed by atoms with Crippen molar-refractivity contribution in [2.24, 2.45) is 0 Å². The number of unbranched alkanes of at least 4 members (excludes halogenated alkanes) is 1. The average molecular weight is 648 g/mol. The van der Waals surface area contributed by atoms with Gasteiger partial charge in [0.1, 0.15) is 24.1 Å². The Balaban J connectivity index is 1.69. The molecule has 0 aliphatic heterocycles. The number of anilines is 1. The number of nitrogens with zero attached hydrogens (tertiary/aromatic N) is 2. The Hall–Kier alpha value is -4.34. The van der Waals surface area contributed by atoms with Crippen molar-refractivity contribution in [3.05, 3.63) is 119 Å². The minimum Gasteiger partial charge on any atom is -0.457 e. The summed E-state index contributed by atoms with van der Waals surface area (Å²) in [5, 5.41) is 3.32. The number of halogens is 1. The summed E-state index contributed by atoms with van der Waals surface area (Å²) in [6.45, 7) is 5.45. The Morgan fingerprint density at radius 1 is 0.867 bits per heavy atom. The van der Waals surface area contributed by atoms with E-state index in [0.29, 0.717) is 28.6 Å². The molecular formula is C35H38ClN3O5S. The summed E-state index contributed by atoms with van der Waals surface area (Å²) in [6.07, 6.45) is 1.70. The van der Waals surface area contributed by atoms with E-state index >= 15 is 0 Å². The number of hydrogen-bond acceptors (Lipinski definition) is 5. The van der Waals surface area contributed by atoms with E-state index in [1.807, 2.05) is 44.2 Å². The first kappa shape index (κ1) is 33.6. The second kappa shape index (κ2) is 15.6. The average Bonchev–Trinajstić information content (AvgIpc) is 3.04. The van der Waals surface area contributed by atoms with Gasteiger partial charge in [-0.25, -0.2) is 8.42 Å². The summed E-state index contributed by atoms with van der Waals surface area (Å²) in [5.41, 5.74) is 1.80. The molecule has 8 nitrogen and oxygen atoms in total. The van der Waals surface area contributed by atoms with Crippen LogP contribution in [0, 0.1) is 6.92 Å². The Morgan fingerprint density at radius 2 is 1.49 bits per heavy atom. The summed E-state index contributed by atoms with van der Waals surface area (Å²) in [4.78, 5) is 28.7. The van der Waals surface area contributed by atoms with E-state index in [-0.39, 0.29) is 23.0 Å². The molecule has 0 unspecified atom stereocenters. The minimum atomic E-state index is -4.20. The van der Waals surface area contributed by atoms with Gasteiger partial charge in [-0.05, 0) is 80.4 Å². The highest BCUT2D eigenvalue weighted by molar-refractivity contribution is 7.92. The number of nitrogens with one attached hydrogen (secondary N) is 1. The number of hydrogen-bond donors (Lipinski definition) is 1. The Kier molecular flexibility index (Phi) is 11.6. The number of rotatable bonds is 14. The van der Waals surface area contributed by atoms with Crippen LogP contribution in [0.1, 0.15) is 37.8 Å². The molecule has 0 aliphatic carbocycles. The fourth-order valence-electron chi connectivity index (χ4n) is 4.60. The van der Waals surface area contributed by atoms with E-state index in [2.05, 4.69) is 5.32 Å². The lowest BCUT2D eigenvalue weighted by atomic mass is 10.1. The van der Waals surface area contributed by atoms with Crippen molar-refractivity contribution in [3.63, 3.8) is 0 Å². The van der Waals surface area contributed by atoms with Crippen molar-refractivity contribution in [2.75, 3.05) is 17.4 Å². The van der Waals surface area contributed by atoms with Crippen LogP contribution in [0.25, 0.3) is 0 Å². The molecular weight excluding hydrogens is 610 g/mol. The summed E-state index contributed by atoms with van der Waals surface area (Å²) in [7, 11) is -4.20. The van der Waals surface area contributed by atoms with Crippen LogP contribution >= 0.6 is 11.6 Å². The van der Waals surface area contributed by atoms with Gasteiger partial charge in [0.25, 0.3) is 10.0 Å². The molecule has 0 spiro atoms. The molecule has 2 amide bonds. The van der Waals surface area contributed by atoms with Crippen LogP contribution in [-0.4, -0.2) is 44.3 Å². The smallest absolute Gasteiger partial charge is 0.264 e. The van der Waals surface area contributed by atoms with Gasteiger partial charge in [-0.15, -0.1) is 0 Å². The molecule has 0 bridgehead atoms. The van der Waals surface area contributed by atoms with E-state index in [9.17, 15) is 18.0 Å². The lowest BCUT2D eigenvalue weighted by Crippen LogP contribution is -2.51. The molecule has 236 valence electrons. The molecule has 0 heterocycles. The van der Waals surface area contributed by atoms with Crippen molar-refractivity contribution >= 4 is 39.1 Å². The Bertz CT molecular complexity index is 1680. The van der Waals surface area contributed by atoms with Gasteiger partial charge in [-0.3, -0.25) is 13.9 Å². The second-order valence-electron chi connectivity index (χ2n) is 10.7. The fraction of sp³-hybridized carbons (Fsp3) is 0.257. The van der Waals surface area contributed by atoms with Crippen molar-refractivity contribution in [2.45, 2.75) is 51.1 Å². The van der Waals surface area contributed by atoms with Crippen LogP contribution in [0.5, 0.6) is 11.5 Å². The maximum Gasteiger partial charge on any atom is 0.264 e. The highest BCUT2D eigenvalue weighted by atomic mass is 35.5. The maximum absolute atomic E-state index is 14.1. The zero-order valence-corrected chi connectivity index (χ0v) is 27.2. The summed E-state index contributed by atoms with van der Waals surface area (Å²) in [5.74, 6) is 0.236. The quantitative estimate of drug-likeness (QED) is 0.149. The molecule has 45 heavy (non-hydrogen) atoms. The number of carbonyl (C=O) groups is 2. The van der Waals surface area contributed by atoms with Gasteiger partial charge in [0, 0.05) is 18.1 Å². The third-order valence-electron chi connectivity index (χ3n) is 7.29. The fourth-order valence-corrected chi connectivity index (χ4v) is 6.21. The number of para-hydroxylation sites is 1. The highest BCUT2D eigenvalue weighted by Crippen LogP contribution is 2.29. The van der Waals surface area contributed by atoms with E-state index in [1.54, 1.807) is 67.6 Å². The standard InChI is InChI=1S/C35H38ClN3O5S/c1-4-5-23-37-35(41)27(3)38(24-28-11-9-10-14-33(28)36)34(40)25-39(45(42,43)32-21-15-26(2)16-22-32)29-17-19-31(20-18-29)44-30-12-7-6-8-13-30/h6-22,27H,4-5,23-25H2,1-3H3,(H,37,41)/t27-/m1/s1. The number of carbonyl (C=O) groups excluding carboxylic acids is 2. The van der Waals surface area contributed by atoms with Crippen LogP contribution in [0.2, 0.25) is 5.02 Å². The summed E-state index contributed by atoms with van der Waals surface area (Å²) in [6, 6.07) is 28.3. The van der Waals surface area contributed by atoms with Gasteiger partial charge < -0.3 is 15.0 Å². The predicted octanol–water partition coefficient (Wildman–Crippen LogP) is 6.97. The highest BCUT2D eigenvalue weighted by Gasteiger charge is 2.32. The maximum atomic E-state index is 14.1. The number of amides is 2. The van der Waals surface area contributed by atoms with Crippen LogP contribution in [-0.2, 0) is 26.2 Å². The second-order valence-corrected chi connectivity index (χ2v) is 12.9. The molecule has 1 N–H and O–H groups in total. The largest absolute Gasteiger partial charge is 0.457 e. The van der Waals surface area contributed by atoms with Crippen molar-refractivity contribution < 1.29 is 22.7 Å². The molecule has 4 rings (SSSR count). The molecule has 4 aromatic carbocycles. The molecule has 10 heteroatoms. The Morgan fingerprint density at radius 3 is 2.13 bits per heavy atom. The van der Waals surface area contributed by atoms with Gasteiger partial charge >= 0.3 is 0 Å². The van der Waals surface area contributed by atoms with Crippen LogP contribution in [0.4, 0.5) is 5.69 Å². The molecule has 0 radical (unpaired) electrons. The predicted molar refractivity (Wildman–Crippen MR) is 178 cm³/mol. The van der Waals surface area contributed by atoms with Gasteiger partial charge in [0.2, 0.25) is 11.8 Å². The lowest BCUT2D eigenvalue weighted by Gasteiger charge is -2.32. The van der Waals surface area contributed by atoms with Gasteiger partial charge in [0.05, 0.1) is 10.6 Å². The van der Waals surface area contributed by atoms with Crippen molar-refractivity contribution in [1.82, 2.24) is 10.2 Å². The first-order valence-electron chi connectivity index (χ1n) is 14.8. The third kappa shape index (κ3) is 8.86. The molecule has 0 saturated heterocycles. The summed E-state index contributed by atoms with van der Waals surface area (Å²) < 4.78 is 35.1. The van der Waals surface area contributed by atoms with Gasteiger partial charge in [0.15, 0.2) is 0 Å². The van der Waals surface area contributed by atoms with Crippen molar-refractivity contribution in [3.8, 4) is 11.5 Å². The van der Waals surface area contributed by atoms with E-state index in [4.69, 9.17) is 16.3 Å². The lowest BCUT2D eigenvalue weighted by molar-refractivity contribution is -0.139. The minimum absolute atomic E-state index is 0.0170. The third-order valence-corrected chi connectivity index (χ3v) is 9.44.